The van der Waals surface area contributed by atoms with Gasteiger partial charge in [0, 0.05) is 19.6 Å². The van der Waals surface area contributed by atoms with E-state index in [4.69, 9.17) is 0 Å². The minimum atomic E-state index is -3.21. The van der Waals surface area contributed by atoms with Gasteiger partial charge in [-0.25, -0.2) is 12.7 Å². The first-order chi connectivity index (χ1) is 10.0. The van der Waals surface area contributed by atoms with Crippen LogP contribution in [0.4, 0.5) is 0 Å². The zero-order valence-electron chi connectivity index (χ0n) is 13.4. The van der Waals surface area contributed by atoms with Crippen LogP contribution in [-0.4, -0.2) is 32.4 Å². The van der Waals surface area contributed by atoms with Crippen molar-refractivity contribution in [2.24, 2.45) is 0 Å². The van der Waals surface area contributed by atoms with Gasteiger partial charge in [-0.15, -0.1) is 0 Å². The third-order valence-corrected chi connectivity index (χ3v) is 5.38. The molecule has 0 amide bonds. The number of benzene rings is 1. The van der Waals surface area contributed by atoms with Crippen LogP contribution in [0.5, 0.6) is 0 Å². The number of hydrogen-bond acceptors (Lipinski definition) is 3. The number of nitrogens with one attached hydrogen (secondary N) is 1. The second-order valence-electron chi connectivity index (χ2n) is 5.20. The van der Waals surface area contributed by atoms with Crippen molar-refractivity contribution in [3.05, 3.63) is 35.4 Å². The zero-order valence-corrected chi connectivity index (χ0v) is 14.2. The Hall–Kier alpha value is -0.910. The molecule has 0 aliphatic heterocycles. The number of rotatable bonds is 10. The van der Waals surface area contributed by atoms with Gasteiger partial charge < -0.3 is 5.32 Å². The lowest BCUT2D eigenvalue weighted by Crippen LogP contribution is -2.32. The second-order valence-corrected chi connectivity index (χ2v) is 7.17. The van der Waals surface area contributed by atoms with Crippen LogP contribution in [0.1, 0.15) is 44.7 Å². The maximum atomic E-state index is 12.4. The molecule has 0 spiro atoms. The predicted molar refractivity (Wildman–Crippen MR) is 88.6 cm³/mol. The highest BCUT2D eigenvalue weighted by Crippen LogP contribution is 2.13. The third kappa shape index (κ3) is 6.16. The molecule has 4 nitrogen and oxygen atoms in total. The molecule has 0 saturated heterocycles. The van der Waals surface area contributed by atoms with Crippen molar-refractivity contribution in [2.75, 3.05) is 19.6 Å². The van der Waals surface area contributed by atoms with Crippen molar-refractivity contribution in [3.63, 3.8) is 0 Å². The van der Waals surface area contributed by atoms with E-state index in [-0.39, 0.29) is 5.75 Å². The van der Waals surface area contributed by atoms with Crippen LogP contribution in [0.2, 0.25) is 0 Å². The van der Waals surface area contributed by atoms with Crippen LogP contribution in [0.25, 0.3) is 0 Å². The van der Waals surface area contributed by atoms with Gasteiger partial charge in [-0.05, 0) is 24.1 Å². The molecule has 120 valence electrons. The smallest absolute Gasteiger partial charge is 0.218 e. The lowest BCUT2D eigenvalue weighted by atomic mass is 10.1. The van der Waals surface area contributed by atoms with Gasteiger partial charge in [0.15, 0.2) is 0 Å². The summed E-state index contributed by atoms with van der Waals surface area (Å²) < 4.78 is 26.4. The molecular weight excluding hydrogens is 284 g/mol. The molecule has 0 saturated carbocycles. The van der Waals surface area contributed by atoms with Crippen LogP contribution in [0.3, 0.4) is 0 Å². The van der Waals surface area contributed by atoms with Gasteiger partial charge in [-0.1, -0.05) is 51.5 Å². The highest BCUT2D eigenvalue weighted by Gasteiger charge is 2.20. The average molecular weight is 312 g/mol. The molecule has 5 heteroatoms. The highest BCUT2D eigenvalue weighted by molar-refractivity contribution is 7.88. The molecule has 0 heterocycles. The summed E-state index contributed by atoms with van der Waals surface area (Å²) in [7, 11) is -3.21. The van der Waals surface area contributed by atoms with Gasteiger partial charge in [0.25, 0.3) is 0 Å². The van der Waals surface area contributed by atoms with E-state index >= 15 is 0 Å². The fraction of sp³-hybridized carbons (Fsp3) is 0.625. The minimum absolute atomic E-state index is 0.0893. The molecule has 1 N–H and O–H groups in total. The topological polar surface area (TPSA) is 49.4 Å². The summed E-state index contributed by atoms with van der Waals surface area (Å²) in [5.41, 5.74) is 2.03. The first-order valence-electron chi connectivity index (χ1n) is 7.79. The van der Waals surface area contributed by atoms with E-state index in [0.717, 1.165) is 31.5 Å². The van der Waals surface area contributed by atoms with Crippen LogP contribution < -0.4 is 5.32 Å². The first-order valence-corrected chi connectivity index (χ1v) is 9.40. The van der Waals surface area contributed by atoms with Crippen molar-refractivity contribution in [2.45, 2.75) is 45.9 Å². The van der Waals surface area contributed by atoms with Crippen molar-refractivity contribution >= 4 is 10.0 Å². The molecule has 1 aromatic carbocycles. The van der Waals surface area contributed by atoms with Crippen LogP contribution in [0, 0.1) is 0 Å². The number of nitrogens with zero attached hydrogens (tertiary/aromatic N) is 1. The van der Waals surface area contributed by atoms with E-state index in [0.29, 0.717) is 13.1 Å². The Bertz CT molecular complexity index is 498. The summed E-state index contributed by atoms with van der Waals surface area (Å²) >= 11 is 0. The third-order valence-electron chi connectivity index (χ3n) is 3.46. The fourth-order valence-corrected chi connectivity index (χ4v) is 3.75. The lowest BCUT2D eigenvalue weighted by molar-refractivity contribution is 0.418. The van der Waals surface area contributed by atoms with Crippen LogP contribution in [0.15, 0.2) is 24.3 Å². The lowest BCUT2D eigenvalue weighted by Gasteiger charge is -2.20. The molecule has 1 aromatic rings. The SMILES string of the molecule is CCCCN(CC)S(=O)(=O)Cc1ccc(CNCC)cc1. The monoisotopic (exact) mass is 312 g/mol. The largest absolute Gasteiger partial charge is 0.313 e. The summed E-state index contributed by atoms with van der Waals surface area (Å²) in [6.07, 6.45) is 1.92. The zero-order chi connectivity index (χ0) is 15.7. The summed E-state index contributed by atoms with van der Waals surface area (Å²) in [5.74, 6) is 0.0893. The Morgan fingerprint density at radius 3 is 2.19 bits per heavy atom. The highest BCUT2D eigenvalue weighted by atomic mass is 32.2. The van der Waals surface area contributed by atoms with E-state index in [1.165, 1.54) is 5.56 Å². The summed E-state index contributed by atoms with van der Waals surface area (Å²) in [5, 5.41) is 3.26. The molecule has 0 fully saturated rings. The molecule has 0 atom stereocenters. The van der Waals surface area contributed by atoms with E-state index < -0.39 is 10.0 Å². The van der Waals surface area contributed by atoms with Crippen LogP contribution >= 0.6 is 0 Å². The Morgan fingerprint density at radius 2 is 1.67 bits per heavy atom. The predicted octanol–water partition coefficient (Wildman–Crippen LogP) is 2.75. The van der Waals surface area contributed by atoms with E-state index in [9.17, 15) is 8.42 Å². The van der Waals surface area contributed by atoms with Crippen molar-refractivity contribution in [3.8, 4) is 0 Å². The minimum Gasteiger partial charge on any atom is -0.313 e. The molecule has 1 rings (SSSR count). The Morgan fingerprint density at radius 1 is 1.05 bits per heavy atom. The molecule has 0 aliphatic carbocycles. The summed E-state index contributed by atoms with van der Waals surface area (Å²) in [6, 6.07) is 7.82. The Balaban J connectivity index is 2.69. The quantitative estimate of drug-likeness (QED) is 0.723. The maximum Gasteiger partial charge on any atom is 0.218 e. The van der Waals surface area contributed by atoms with Gasteiger partial charge >= 0.3 is 0 Å². The van der Waals surface area contributed by atoms with E-state index in [2.05, 4.69) is 19.2 Å². The normalized spacial score (nSPS) is 12.0. The molecule has 0 bridgehead atoms. The Labute approximate surface area is 129 Å². The summed E-state index contributed by atoms with van der Waals surface area (Å²) in [6.45, 7) is 8.95. The number of hydrogen-bond donors (Lipinski definition) is 1. The standard InChI is InChI=1S/C16H28N2O2S/c1-4-7-12-18(6-3)21(19,20)14-16-10-8-15(9-11-16)13-17-5-2/h8-11,17H,4-7,12-14H2,1-3H3. The molecule has 0 radical (unpaired) electrons. The fourth-order valence-electron chi connectivity index (χ4n) is 2.15. The van der Waals surface area contributed by atoms with E-state index in [1.54, 1.807) is 4.31 Å². The molecular formula is C16H28N2O2S. The van der Waals surface area contributed by atoms with Crippen LogP contribution in [-0.2, 0) is 22.3 Å². The van der Waals surface area contributed by atoms with Gasteiger partial charge in [0.2, 0.25) is 10.0 Å². The van der Waals surface area contributed by atoms with Gasteiger partial charge in [0.1, 0.15) is 0 Å². The van der Waals surface area contributed by atoms with Crippen molar-refractivity contribution in [1.82, 2.24) is 9.62 Å². The maximum absolute atomic E-state index is 12.4. The molecule has 0 aliphatic rings. The molecule has 0 unspecified atom stereocenters. The molecule has 0 aromatic heterocycles. The molecule has 21 heavy (non-hydrogen) atoms. The van der Waals surface area contributed by atoms with E-state index in [1.807, 2.05) is 31.2 Å². The Kier molecular flexibility index (Phi) is 7.93. The average Bonchev–Trinajstić information content (AvgIpc) is 2.46. The first kappa shape index (κ1) is 18.1. The van der Waals surface area contributed by atoms with Gasteiger partial charge in [-0.3, -0.25) is 0 Å². The van der Waals surface area contributed by atoms with Crippen molar-refractivity contribution in [1.29, 1.82) is 0 Å². The number of sulfonamides is 1. The summed E-state index contributed by atoms with van der Waals surface area (Å²) in [4.78, 5) is 0. The van der Waals surface area contributed by atoms with Gasteiger partial charge in [-0.2, -0.15) is 0 Å². The number of unbranched alkanes of at least 4 members (excludes halogenated alkanes) is 1. The van der Waals surface area contributed by atoms with Crippen molar-refractivity contribution < 1.29 is 8.42 Å². The second kappa shape index (κ2) is 9.18. The van der Waals surface area contributed by atoms with Gasteiger partial charge in [0.05, 0.1) is 5.75 Å².